The second kappa shape index (κ2) is 6.80. The summed E-state index contributed by atoms with van der Waals surface area (Å²) in [5, 5.41) is 21.6. The maximum Gasteiger partial charge on any atom is 0.261 e. The van der Waals surface area contributed by atoms with Gasteiger partial charge < -0.3 is 10.2 Å². The molecule has 0 saturated heterocycles. The van der Waals surface area contributed by atoms with Crippen molar-refractivity contribution < 1.29 is 19.8 Å². The molecule has 2 amide bonds. The zero-order chi connectivity index (χ0) is 15.4. The molecule has 1 unspecified atom stereocenters. The van der Waals surface area contributed by atoms with Crippen LogP contribution in [0.4, 0.5) is 0 Å². The Labute approximate surface area is 123 Å². The summed E-state index contributed by atoms with van der Waals surface area (Å²) in [7, 11) is 1.57. The Balaban J connectivity index is 2.25. The maximum absolute atomic E-state index is 12.4. The molecule has 0 aliphatic carbocycles. The maximum atomic E-state index is 12.4. The minimum Gasteiger partial charge on any atom is -0.396 e. The molecule has 114 valence electrons. The van der Waals surface area contributed by atoms with Gasteiger partial charge in [0.25, 0.3) is 11.8 Å². The van der Waals surface area contributed by atoms with E-state index >= 15 is 0 Å². The van der Waals surface area contributed by atoms with E-state index in [2.05, 4.69) is 5.32 Å². The van der Waals surface area contributed by atoms with Gasteiger partial charge in [-0.15, -0.1) is 0 Å². The highest BCUT2D eigenvalue weighted by Crippen LogP contribution is 2.27. The average molecular weight is 292 g/mol. The number of carbonyl (C=O) groups is 2. The van der Waals surface area contributed by atoms with Crippen molar-refractivity contribution in [3.05, 3.63) is 35.4 Å². The number of aliphatic hydroxyl groups excluding tert-OH is 2. The molecule has 0 fully saturated rings. The molecule has 0 saturated carbocycles. The Hall–Kier alpha value is -1.76. The second-order valence-corrected chi connectivity index (χ2v) is 5.05. The average Bonchev–Trinajstić information content (AvgIpc) is 2.76. The number of hydrogen-bond donors (Lipinski definition) is 3. The van der Waals surface area contributed by atoms with Crippen LogP contribution in [0.2, 0.25) is 0 Å². The second-order valence-electron chi connectivity index (χ2n) is 5.05. The lowest BCUT2D eigenvalue weighted by molar-refractivity contribution is 0.0232. The van der Waals surface area contributed by atoms with Gasteiger partial charge in [-0.25, -0.2) is 0 Å². The number of rotatable bonds is 7. The number of unbranched alkanes of at least 4 members (excludes halogenated alkanes) is 1. The molecule has 6 nitrogen and oxygen atoms in total. The van der Waals surface area contributed by atoms with E-state index in [9.17, 15) is 14.7 Å². The van der Waals surface area contributed by atoms with E-state index in [1.165, 1.54) is 0 Å². The quantitative estimate of drug-likeness (QED) is 0.383. The number of imide groups is 1. The standard InChI is InChI=1S/C15H20N2O4/c1-16-13(19)12(8-4-5-9-18)17-14(20)10-6-2-3-7-11(10)15(17)21/h2-3,6-7,12-13,16,18-19H,4-5,8-9H2,1H3/t12-,13?/m0/s1. The first-order valence-electron chi connectivity index (χ1n) is 7.05. The molecule has 1 aromatic rings. The van der Waals surface area contributed by atoms with Crippen molar-refractivity contribution in [3.63, 3.8) is 0 Å². The van der Waals surface area contributed by atoms with Crippen molar-refractivity contribution in [1.29, 1.82) is 0 Å². The van der Waals surface area contributed by atoms with Gasteiger partial charge >= 0.3 is 0 Å². The number of likely N-dealkylation sites (N-methyl/N-ethyl adjacent to an activating group) is 1. The molecule has 2 rings (SSSR count). The fraction of sp³-hybridized carbons (Fsp3) is 0.467. The first-order chi connectivity index (χ1) is 10.1. The van der Waals surface area contributed by atoms with Gasteiger partial charge in [0.2, 0.25) is 0 Å². The number of nitrogens with zero attached hydrogens (tertiary/aromatic N) is 1. The van der Waals surface area contributed by atoms with E-state index in [0.717, 1.165) is 4.90 Å². The van der Waals surface area contributed by atoms with E-state index in [-0.39, 0.29) is 18.4 Å². The van der Waals surface area contributed by atoms with Gasteiger partial charge in [-0.3, -0.25) is 19.8 Å². The third-order valence-corrected chi connectivity index (χ3v) is 3.73. The summed E-state index contributed by atoms with van der Waals surface area (Å²) in [6.07, 6.45) is 0.628. The molecule has 21 heavy (non-hydrogen) atoms. The number of amides is 2. The van der Waals surface area contributed by atoms with Gasteiger partial charge in [0.05, 0.1) is 17.2 Å². The number of hydrogen-bond acceptors (Lipinski definition) is 5. The summed E-state index contributed by atoms with van der Waals surface area (Å²) in [5.74, 6) is -0.752. The van der Waals surface area contributed by atoms with E-state index in [0.29, 0.717) is 30.4 Å². The molecule has 1 aliphatic heterocycles. The van der Waals surface area contributed by atoms with Crippen LogP contribution < -0.4 is 5.32 Å². The van der Waals surface area contributed by atoms with Crippen LogP contribution >= 0.6 is 0 Å². The fourth-order valence-electron chi connectivity index (χ4n) is 2.59. The van der Waals surface area contributed by atoms with Crippen LogP contribution in [-0.2, 0) is 0 Å². The largest absolute Gasteiger partial charge is 0.396 e. The van der Waals surface area contributed by atoms with Gasteiger partial charge in [-0.05, 0) is 38.4 Å². The summed E-state index contributed by atoms with van der Waals surface area (Å²) in [6.45, 7) is 0.0461. The summed E-state index contributed by atoms with van der Waals surface area (Å²) in [6, 6.07) is 6.01. The van der Waals surface area contributed by atoms with Crippen LogP contribution in [0.15, 0.2) is 24.3 Å². The van der Waals surface area contributed by atoms with Gasteiger partial charge in [0.1, 0.15) is 6.23 Å². The Kier molecular flexibility index (Phi) is 5.06. The molecular formula is C15H20N2O4. The van der Waals surface area contributed by atoms with Crippen molar-refractivity contribution in [1.82, 2.24) is 10.2 Å². The van der Waals surface area contributed by atoms with Crippen LogP contribution in [0, 0.1) is 0 Å². The Morgan fingerprint density at radius 2 is 1.71 bits per heavy atom. The van der Waals surface area contributed by atoms with Crippen LogP contribution in [0.1, 0.15) is 40.0 Å². The summed E-state index contributed by atoms with van der Waals surface area (Å²) in [5.41, 5.74) is 0.746. The van der Waals surface area contributed by atoms with E-state index < -0.39 is 12.3 Å². The number of benzene rings is 1. The van der Waals surface area contributed by atoms with Crippen molar-refractivity contribution in [2.75, 3.05) is 13.7 Å². The molecule has 0 aromatic heterocycles. The Bertz CT molecular complexity index is 497. The van der Waals surface area contributed by atoms with Crippen molar-refractivity contribution >= 4 is 11.8 Å². The molecular weight excluding hydrogens is 272 g/mol. The SMILES string of the molecule is CNC(O)[C@H](CCCCO)N1C(=O)c2ccccc2C1=O. The van der Waals surface area contributed by atoms with Crippen LogP contribution in [0.5, 0.6) is 0 Å². The molecule has 1 heterocycles. The highest BCUT2D eigenvalue weighted by molar-refractivity contribution is 6.21. The van der Waals surface area contributed by atoms with Crippen molar-refractivity contribution in [2.24, 2.45) is 0 Å². The number of aliphatic hydroxyl groups is 2. The van der Waals surface area contributed by atoms with E-state index in [1.54, 1.807) is 31.3 Å². The number of carbonyl (C=O) groups excluding carboxylic acids is 2. The van der Waals surface area contributed by atoms with Crippen LogP contribution in [0.3, 0.4) is 0 Å². The lowest BCUT2D eigenvalue weighted by Gasteiger charge is -2.30. The Morgan fingerprint density at radius 3 is 2.19 bits per heavy atom. The van der Waals surface area contributed by atoms with Crippen LogP contribution in [0.25, 0.3) is 0 Å². The minimum atomic E-state index is -0.995. The van der Waals surface area contributed by atoms with Crippen molar-refractivity contribution in [3.8, 4) is 0 Å². The number of fused-ring (bicyclic) bond motifs is 1. The first-order valence-corrected chi connectivity index (χ1v) is 7.05. The summed E-state index contributed by atoms with van der Waals surface area (Å²) in [4.78, 5) is 26.0. The zero-order valence-corrected chi connectivity index (χ0v) is 12.0. The predicted octanol–water partition coefficient (Wildman–Crippen LogP) is 0.352. The summed E-state index contributed by atoms with van der Waals surface area (Å²) >= 11 is 0. The van der Waals surface area contributed by atoms with Gasteiger partial charge in [0.15, 0.2) is 0 Å². The highest BCUT2D eigenvalue weighted by atomic mass is 16.3. The van der Waals surface area contributed by atoms with E-state index in [4.69, 9.17) is 5.11 Å². The smallest absolute Gasteiger partial charge is 0.261 e. The van der Waals surface area contributed by atoms with Gasteiger partial charge in [-0.2, -0.15) is 0 Å². The van der Waals surface area contributed by atoms with E-state index in [1.807, 2.05) is 0 Å². The third kappa shape index (κ3) is 2.97. The molecule has 2 atom stereocenters. The molecule has 0 radical (unpaired) electrons. The normalized spacial score (nSPS) is 17.0. The Morgan fingerprint density at radius 1 is 1.14 bits per heavy atom. The lowest BCUT2D eigenvalue weighted by Crippen LogP contribution is -2.51. The fourth-order valence-corrected chi connectivity index (χ4v) is 2.59. The van der Waals surface area contributed by atoms with Crippen molar-refractivity contribution in [2.45, 2.75) is 31.5 Å². The van der Waals surface area contributed by atoms with Gasteiger partial charge in [0, 0.05) is 6.61 Å². The number of nitrogens with one attached hydrogen (secondary N) is 1. The van der Waals surface area contributed by atoms with Gasteiger partial charge in [-0.1, -0.05) is 12.1 Å². The third-order valence-electron chi connectivity index (χ3n) is 3.73. The molecule has 1 aliphatic rings. The molecule has 6 heteroatoms. The topological polar surface area (TPSA) is 89.9 Å². The molecule has 3 N–H and O–H groups in total. The molecule has 1 aromatic carbocycles. The highest BCUT2D eigenvalue weighted by Gasteiger charge is 2.41. The minimum absolute atomic E-state index is 0.0461. The lowest BCUT2D eigenvalue weighted by atomic mass is 10.1. The molecule has 0 bridgehead atoms. The van der Waals surface area contributed by atoms with Crippen LogP contribution in [-0.4, -0.2) is 52.9 Å². The monoisotopic (exact) mass is 292 g/mol. The predicted molar refractivity (Wildman–Crippen MR) is 76.7 cm³/mol. The first kappa shape index (κ1) is 15.6. The molecule has 0 spiro atoms. The zero-order valence-electron chi connectivity index (χ0n) is 12.0. The summed E-state index contributed by atoms with van der Waals surface area (Å²) < 4.78 is 0.